The van der Waals surface area contributed by atoms with Gasteiger partial charge in [-0.1, -0.05) is 0 Å². The fourth-order valence-corrected chi connectivity index (χ4v) is 3.20. The molecule has 0 spiro atoms. The minimum atomic E-state index is -0.301. The van der Waals surface area contributed by atoms with Crippen LogP contribution >= 0.6 is 0 Å². The Labute approximate surface area is 125 Å². The van der Waals surface area contributed by atoms with E-state index in [2.05, 4.69) is 0 Å². The van der Waals surface area contributed by atoms with Crippen LogP contribution in [0.15, 0.2) is 0 Å². The van der Waals surface area contributed by atoms with E-state index in [0.29, 0.717) is 32.0 Å². The summed E-state index contributed by atoms with van der Waals surface area (Å²) in [5, 5.41) is 9.21. The van der Waals surface area contributed by atoms with Crippen molar-refractivity contribution in [3.05, 3.63) is 0 Å². The zero-order valence-corrected chi connectivity index (χ0v) is 12.5. The highest BCUT2D eigenvalue weighted by Gasteiger charge is 2.41. The molecule has 3 fully saturated rings. The lowest BCUT2D eigenvalue weighted by molar-refractivity contribution is -0.150. The Balaban J connectivity index is 1.60. The number of ether oxygens (including phenoxy) is 1. The number of aliphatic hydroxyl groups is 1. The number of hydrogen-bond acceptors (Lipinski definition) is 4. The maximum absolute atomic E-state index is 12.7. The van der Waals surface area contributed by atoms with Crippen molar-refractivity contribution in [2.75, 3.05) is 32.8 Å². The van der Waals surface area contributed by atoms with Crippen LogP contribution in [0.3, 0.4) is 0 Å². The Morgan fingerprint density at radius 3 is 2.81 bits per heavy atom. The second kappa shape index (κ2) is 5.93. The first kappa shape index (κ1) is 14.8. The van der Waals surface area contributed by atoms with Crippen molar-refractivity contribution in [1.82, 2.24) is 9.80 Å². The van der Waals surface area contributed by atoms with Crippen LogP contribution in [0.5, 0.6) is 0 Å². The molecule has 118 valence electrons. The molecule has 1 N–H and O–H groups in total. The van der Waals surface area contributed by atoms with Crippen molar-refractivity contribution in [3.63, 3.8) is 0 Å². The Morgan fingerprint density at radius 2 is 2.14 bits per heavy atom. The predicted molar refractivity (Wildman–Crippen MR) is 75.4 cm³/mol. The van der Waals surface area contributed by atoms with Gasteiger partial charge in [0.1, 0.15) is 0 Å². The molecule has 6 nitrogen and oxygen atoms in total. The van der Waals surface area contributed by atoms with Crippen LogP contribution in [0.2, 0.25) is 0 Å². The van der Waals surface area contributed by atoms with Crippen molar-refractivity contribution in [2.24, 2.45) is 11.8 Å². The lowest BCUT2D eigenvalue weighted by Gasteiger charge is -2.38. The molecule has 2 heterocycles. The first-order valence-electron chi connectivity index (χ1n) is 7.89. The summed E-state index contributed by atoms with van der Waals surface area (Å²) in [6.45, 7) is 4.12. The first-order valence-corrected chi connectivity index (χ1v) is 7.89. The quantitative estimate of drug-likeness (QED) is 0.783. The number of nitrogens with zero attached hydrogens (tertiary/aromatic N) is 2. The standard InChI is InChI=1S/C15H24N2O4/c1-10-9-21-13(8-18)7-17(10)15(20)12-4-14(19)16(6-12)5-11-2-3-11/h10-13,18H,2-9H2,1H3. The SMILES string of the molecule is CC1COC(CO)CN1C(=O)C1CC(=O)N(CC2CC2)C1. The molecular weight excluding hydrogens is 272 g/mol. The molecule has 0 radical (unpaired) electrons. The van der Waals surface area contributed by atoms with Crippen LogP contribution in [-0.2, 0) is 14.3 Å². The number of amides is 2. The summed E-state index contributed by atoms with van der Waals surface area (Å²) < 4.78 is 5.46. The van der Waals surface area contributed by atoms with Gasteiger partial charge in [-0.3, -0.25) is 9.59 Å². The van der Waals surface area contributed by atoms with E-state index in [1.54, 1.807) is 4.90 Å². The maximum atomic E-state index is 12.7. The van der Waals surface area contributed by atoms with Crippen molar-refractivity contribution < 1.29 is 19.4 Å². The van der Waals surface area contributed by atoms with Crippen molar-refractivity contribution in [1.29, 1.82) is 0 Å². The number of carbonyl (C=O) groups is 2. The van der Waals surface area contributed by atoms with Crippen molar-refractivity contribution >= 4 is 11.8 Å². The normalized spacial score (nSPS) is 33.6. The molecule has 3 rings (SSSR count). The van der Waals surface area contributed by atoms with Gasteiger partial charge in [-0.25, -0.2) is 0 Å². The van der Waals surface area contributed by atoms with E-state index < -0.39 is 0 Å². The number of carbonyl (C=O) groups excluding carboxylic acids is 2. The molecule has 0 aromatic rings. The number of rotatable bonds is 4. The van der Waals surface area contributed by atoms with E-state index in [9.17, 15) is 14.7 Å². The van der Waals surface area contributed by atoms with E-state index in [4.69, 9.17) is 4.74 Å². The van der Waals surface area contributed by atoms with E-state index in [1.807, 2.05) is 11.8 Å². The van der Waals surface area contributed by atoms with E-state index in [-0.39, 0.29) is 36.5 Å². The summed E-state index contributed by atoms with van der Waals surface area (Å²) in [6, 6.07) is 0.00730. The highest BCUT2D eigenvalue weighted by molar-refractivity contribution is 5.89. The molecule has 3 unspecified atom stereocenters. The summed E-state index contributed by atoms with van der Waals surface area (Å²) in [4.78, 5) is 28.3. The fourth-order valence-electron chi connectivity index (χ4n) is 3.20. The summed E-state index contributed by atoms with van der Waals surface area (Å²) in [7, 11) is 0. The summed E-state index contributed by atoms with van der Waals surface area (Å²) >= 11 is 0. The number of aliphatic hydroxyl groups excluding tert-OH is 1. The molecule has 1 aliphatic carbocycles. The van der Waals surface area contributed by atoms with Gasteiger partial charge in [0.05, 0.1) is 31.3 Å². The van der Waals surface area contributed by atoms with Crippen LogP contribution in [0.25, 0.3) is 0 Å². The van der Waals surface area contributed by atoms with Gasteiger partial charge in [-0.05, 0) is 25.7 Å². The van der Waals surface area contributed by atoms with E-state index in [0.717, 1.165) is 6.54 Å². The summed E-state index contributed by atoms with van der Waals surface area (Å²) in [5.74, 6) is 0.579. The van der Waals surface area contributed by atoms with Gasteiger partial charge in [0.15, 0.2) is 0 Å². The highest BCUT2D eigenvalue weighted by Crippen LogP contribution is 2.32. The van der Waals surface area contributed by atoms with Gasteiger partial charge in [-0.2, -0.15) is 0 Å². The van der Waals surface area contributed by atoms with Gasteiger partial charge in [0.2, 0.25) is 11.8 Å². The van der Waals surface area contributed by atoms with Crippen molar-refractivity contribution in [3.8, 4) is 0 Å². The highest BCUT2D eigenvalue weighted by atomic mass is 16.5. The zero-order chi connectivity index (χ0) is 15.0. The van der Waals surface area contributed by atoms with Crippen LogP contribution < -0.4 is 0 Å². The smallest absolute Gasteiger partial charge is 0.228 e. The maximum Gasteiger partial charge on any atom is 0.228 e. The van der Waals surface area contributed by atoms with Gasteiger partial charge in [0, 0.05) is 26.1 Å². The molecule has 6 heteroatoms. The topological polar surface area (TPSA) is 70.1 Å². The molecule has 2 saturated heterocycles. The molecule has 21 heavy (non-hydrogen) atoms. The average Bonchev–Trinajstić information content (AvgIpc) is 3.22. The van der Waals surface area contributed by atoms with Gasteiger partial charge >= 0.3 is 0 Å². The monoisotopic (exact) mass is 296 g/mol. The molecule has 0 aromatic carbocycles. The lowest BCUT2D eigenvalue weighted by Crippen LogP contribution is -2.53. The fraction of sp³-hybridized carbons (Fsp3) is 0.867. The summed E-state index contributed by atoms with van der Waals surface area (Å²) in [5.41, 5.74) is 0. The minimum absolute atomic E-state index is 0.00730. The largest absolute Gasteiger partial charge is 0.394 e. The van der Waals surface area contributed by atoms with E-state index >= 15 is 0 Å². The van der Waals surface area contributed by atoms with Gasteiger partial charge in [-0.15, -0.1) is 0 Å². The Bertz CT molecular complexity index is 424. The van der Waals surface area contributed by atoms with Gasteiger partial charge < -0.3 is 19.6 Å². The third kappa shape index (κ3) is 3.21. The number of morpholine rings is 1. The first-order chi connectivity index (χ1) is 10.1. The lowest BCUT2D eigenvalue weighted by atomic mass is 10.0. The van der Waals surface area contributed by atoms with Crippen molar-refractivity contribution in [2.45, 2.75) is 38.3 Å². The minimum Gasteiger partial charge on any atom is -0.394 e. The predicted octanol–water partition coefficient (Wildman–Crippen LogP) is -0.147. The zero-order valence-electron chi connectivity index (χ0n) is 12.5. The second-order valence-corrected chi connectivity index (χ2v) is 6.62. The molecule has 0 aromatic heterocycles. The third-order valence-electron chi connectivity index (χ3n) is 4.73. The van der Waals surface area contributed by atoms with E-state index in [1.165, 1.54) is 12.8 Å². The molecule has 1 saturated carbocycles. The molecule has 2 aliphatic heterocycles. The number of hydrogen-bond donors (Lipinski definition) is 1. The van der Waals surface area contributed by atoms with Crippen LogP contribution in [0.4, 0.5) is 0 Å². The second-order valence-electron chi connectivity index (χ2n) is 6.62. The number of likely N-dealkylation sites (tertiary alicyclic amines) is 1. The van der Waals surface area contributed by atoms with Gasteiger partial charge in [0.25, 0.3) is 0 Å². The molecule has 3 aliphatic rings. The Morgan fingerprint density at radius 1 is 1.38 bits per heavy atom. The molecule has 0 bridgehead atoms. The summed E-state index contributed by atoms with van der Waals surface area (Å²) in [6.07, 6.45) is 2.45. The molecule has 3 atom stereocenters. The molecule has 2 amide bonds. The van der Waals surface area contributed by atoms with Crippen LogP contribution in [0.1, 0.15) is 26.2 Å². The Kier molecular flexibility index (Phi) is 4.17. The van der Waals surface area contributed by atoms with Crippen LogP contribution in [-0.4, -0.2) is 71.7 Å². The molecular formula is C15H24N2O4. The van der Waals surface area contributed by atoms with Crippen LogP contribution in [0, 0.1) is 11.8 Å². The Hall–Kier alpha value is -1.14. The average molecular weight is 296 g/mol. The third-order valence-corrected chi connectivity index (χ3v) is 4.73.